The molecule has 7 heteroatoms. The Morgan fingerprint density at radius 2 is 1.90 bits per heavy atom. The first-order valence-corrected chi connectivity index (χ1v) is 11.4. The number of para-hydroxylation sites is 1. The van der Waals surface area contributed by atoms with Crippen LogP contribution in [0.4, 0.5) is 10.1 Å². The minimum Gasteiger partial charge on any atom is -0.342 e. The number of benzene rings is 2. The maximum atomic E-state index is 13.6. The van der Waals surface area contributed by atoms with Crippen LogP contribution in [0, 0.1) is 0 Å². The molecular weight excluding hydrogens is 413 g/mol. The number of halogens is 1. The molecule has 1 aliphatic rings. The van der Waals surface area contributed by atoms with Crippen molar-refractivity contribution in [2.24, 2.45) is 0 Å². The average molecular weight is 440 g/mol. The summed E-state index contributed by atoms with van der Waals surface area (Å²) in [6, 6.07) is 13.6. The van der Waals surface area contributed by atoms with Crippen LogP contribution in [0.1, 0.15) is 31.6 Å². The molecule has 0 saturated carbocycles. The monoisotopic (exact) mass is 439 g/mol. The molecule has 0 bridgehead atoms. The summed E-state index contributed by atoms with van der Waals surface area (Å²) in [4.78, 5) is 27.9. The lowest BCUT2D eigenvalue weighted by atomic mass is 10.00. The summed E-state index contributed by atoms with van der Waals surface area (Å²) in [6.07, 6.45) is 0. The molecule has 0 saturated heterocycles. The third-order valence-electron chi connectivity index (χ3n) is 5.68. The number of anilines is 1. The minimum absolute atomic E-state index is 0.0509. The van der Waals surface area contributed by atoms with Crippen LogP contribution in [0.2, 0.25) is 0 Å². The molecule has 1 atom stereocenters. The number of aromatic nitrogens is 1. The van der Waals surface area contributed by atoms with Crippen LogP contribution in [-0.2, 0) is 16.1 Å². The SMILES string of the molecule is CCN(CC)C(=O)C1Sc2cc(NC(C)=O)ccc2-c2c1c1ccccc1n2CCF. The lowest BCUT2D eigenvalue weighted by molar-refractivity contribution is -0.130. The maximum absolute atomic E-state index is 13.6. The number of alkyl halides is 1. The number of amides is 2. The quantitative estimate of drug-likeness (QED) is 0.571. The predicted octanol–water partition coefficient (Wildman–Crippen LogP) is 5.25. The topological polar surface area (TPSA) is 54.3 Å². The predicted molar refractivity (Wildman–Crippen MR) is 124 cm³/mol. The molecule has 1 N–H and O–H groups in total. The van der Waals surface area contributed by atoms with Gasteiger partial charge in [0.25, 0.3) is 0 Å². The van der Waals surface area contributed by atoms with Crippen molar-refractivity contribution >= 4 is 40.2 Å². The number of likely N-dealkylation sites (N-methyl/N-ethyl adjacent to an activating group) is 1. The molecule has 0 fully saturated rings. The lowest BCUT2D eigenvalue weighted by Gasteiger charge is -2.30. The molecule has 2 amide bonds. The number of thioether (sulfide) groups is 1. The lowest BCUT2D eigenvalue weighted by Crippen LogP contribution is -2.34. The number of rotatable bonds is 6. The summed E-state index contributed by atoms with van der Waals surface area (Å²) >= 11 is 1.50. The summed E-state index contributed by atoms with van der Waals surface area (Å²) in [5.41, 5.74) is 4.42. The number of carbonyl (C=O) groups excluding carboxylic acids is 2. The summed E-state index contributed by atoms with van der Waals surface area (Å²) in [5.74, 6) is -0.0984. The molecule has 4 rings (SSSR count). The van der Waals surface area contributed by atoms with Crippen LogP contribution in [0.5, 0.6) is 0 Å². The van der Waals surface area contributed by atoms with Crippen molar-refractivity contribution in [3.8, 4) is 11.3 Å². The Bertz CT molecular complexity index is 1150. The summed E-state index contributed by atoms with van der Waals surface area (Å²) in [6.45, 7) is 6.41. The Balaban J connectivity index is 1.98. The fourth-order valence-electron chi connectivity index (χ4n) is 4.36. The van der Waals surface area contributed by atoms with Gasteiger partial charge in [-0.3, -0.25) is 9.59 Å². The normalized spacial score (nSPS) is 14.8. The van der Waals surface area contributed by atoms with Crippen LogP contribution in [0.25, 0.3) is 22.2 Å². The van der Waals surface area contributed by atoms with Gasteiger partial charge < -0.3 is 14.8 Å². The average Bonchev–Trinajstić information content (AvgIpc) is 3.08. The van der Waals surface area contributed by atoms with Crippen LogP contribution >= 0.6 is 11.8 Å². The second kappa shape index (κ2) is 8.75. The minimum atomic E-state index is -0.494. The summed E-state index contributed by atoms with van der Waals surface area (Å²) in [7, 11) is 0. The van der Waals surface area contributed by atoms with Gasteiger partial charge in [0.05, 0.1) is 12.2 Å². The highest BCUT2D eigenvalue weighted by Crippen LogP contribution is 2.53. The van der Waals surface area contributed by atoms with Crippen molar-refractivity contribution in [2.45, 2.75) is 37.5 Å². The van der Waals surface area contributed by atoms with E-state index in [0.717, 1.165) is 32.6 Å². The Labute approximate surface area is 185 Å². The molecule has 2 aromatic carbocycles. The van der Waals surface area contributed by atoms with Crippen molar-refractivity contribution in [2.75, 3.05) is 25.1 Å². The van der Waals surface area contributed by atoms with E-state index in [4.69, 9.17) is 0 Å². The number of hydrogen-bond acceptors (Lipinski definition) is 3. The molecule has 0 aliphatic carbocycles. The van der Waals surface area contributed by atoms with Crippen LogP contribution in [0.3, 0.4) is 0 Å². The fourth-order valence-corrected chi connectivity index (χ4v) is 5.71. The second-order valence-electron chi connectivity index (χ2n) is 7.52. The highest BCUT2D eigenvalue weighted by molar-refractivity contribution is 8.00. The number of aryl methyl sites for hydroxylation is 1. The van der Waals surface area contributed by atoms with E-state index in [1.54, 1.807) is 0 Å². The Hall–Kier alpha value is -2.80. The highest BCUT2D eigenvalue weighted by Gasteiger charge is 2.37. The van der Waals surface area contributed by atoms with E-state index < -0.39 is 11.9 Å². The van der Waals surface area contributed by atoms with Crippen molar-refractivity contribution in [1.29, 1.82) is 0 Å². The number of fused-ring (bicyclic) bond motifs is 5. The molecular formula is C24H26FN3O2S. The number of nitrogens with one attached hydrogen (secondary N) is 1. The number of nitrogens with zero attached hydrogens (tertiary/aromatic N) is 2. The van der Waals surface area contributed by atoms with Gasteiger partial charge in [0.15, 0.2) is 0 Å². The van der Waals surface area contributed by atoms with Gasteiger partial charge in [-0.05, 0) is 38.1 Å². The van der Waals surface area contributed by atoms with Crippen molar-refractivity contribution in [1.82, 2.24) is 9.47 Å². The smallest absolute Gasteiger partial charge is 0.240 e. The molecule has 2 heterocycles. The van der Waals surface area contributed by atoms with E-state index in [1.807, 2.05) is 65.8 Å². The third kappa shape index (κ3) is 3.71. The first-order chi connectivity index (χ1) is 15.0. The molecule has 1 aromatic heterocycles. The van der Waals surface area contributed by atoms with Crippen molar-refractivity contribution in [3.05, 3.63) is 48.0 Å². The van der Waals surface area contributed by atoms with Gasteiger partial charge in [0.1, 0.15) is 11.9 Å². The van der Waals surface area contributed by atoms with Gasteiger partial charge in [-0.15, -0.1) is 11.8 Å². The van der Waals surface area contributed by atoms with Gasteiger partial charge in [0.2, 0.25) is 11.8 Å². The van der Waals surface area contributed by atoms with E-state index in [2.05, 4.69) is 5.32 Å². The van der Waals surface area contributed by atoms with Crippen LogP contribution in [-0.4, -0.2) is 41.0 Å². The molecule has 31 heavy (non-hydrogen) atoms. The van der Waals surface area contributed by atoms with Crippen molar-refractivity contribution in [3.63, 3.8) is 0 Å². The van der Waals surface area contributed by atoms with Crippen LogP contribution in [0.15, 0.2) is 47.4 Å². The third-order valence-corrected chi connectivity index (χ3v) is 6.95. The van der Waals surface area contributed by atoms with Gasteiger partial charge in [0, 0.05) is 52.6 Å². The highest BCUT2D eigenvalue weighted by atomic mass is 32.2. The molecule has 3 aromatic rings. The van der Waals surface area contributed by atoms with Gasteiger partial charge in [-0.1, -0.05) is 18.2 Å². The van der Waals surface area contributed by atoms with Gasteiger partial charge in [-0.2, -0.15) is 0 Å². The Morgan fingerprint density at radius 1 is 1.16 bits per heavy atom. The van der Waals surface area contributed by atoms with Crippen molar-refractivity contribution < 1.29 is 14.0 Å². The molecule has 1 unspecified atom stereocenters. The van der Waals surface area contributed by atoms with E-state index in [0.29, 0.717) is 18.8 Å². The van der Waals surface area contributed by atoms with Crippen LogP contribution < -0.4 is 5.32 Å². The van der Waals surface area contributed by atoms with Gasteiger partial charge in [-0.25, -0.2) is 4.39 Å². The second-order valence-corrected chi connectivity index (χ2v) is 8.67. The fraction of sp³-hybridized carbons (Fsp3) is 0.333. The first kappa shape index (κ1) is 21.4. The first-order valence-electron chi connectivity index (χ1n) is 10.5. The van der Waals surface area contributed by atoms with Gasteiger partial charge >= 0.3 is 0 Å². The standard InChI is InChI=1S/C24H26FN3O2S/c1-4-27(5-2)24(30)23-21-17-8-6-7-9-19(17)28(13-12-25)22(21)18-11-10-16(26-15(3)29)14-20(18)31-23/h6-11,14,23H,4-5,12-13H2,1-3H3,(H,26,29). The van der Waals surface area contributed by atoms with E-state index >= 15 is 0 Å². The summed E-state index contributed by atoms with van der Waals surface area (Å²) < 4.78 is 15.6. The molecule has 0 spiro atoms. The Kier molecular flexibility index (Phi) is 6.05. The zero-order chi connectivity index (χ0) is 22.1. The largest absolute Gasteiger partial charge is 0.342 e. The zero-order valence-electron chi connectivity index (χ0n) is 17.9. The summed E-state index contributed by atoms with van der Waals surface area (Å²) in [5, 5.41) is 3.38. The molecule has 0 radical (unpaired) electrons. The van der Waals surface area contributed by atoms with E-state index in [-0.39, 0.29) is 18.4 Å². The van der Waals surface area contributed by atoms with E-state index in [9.17, 15) is 14.0 Å². The molecule has 5 nitrogen and oxygen atoms in total. The zero-order valence-corrected chi connectivity index (χ0v) is 18.8. The number of carbonyl (C=O) groups is 2. The maximum Gasteiger partial charge on any atom is 0.240 e. The van der Waals surface area contributed by atoms with E-state index in [1.165, 1.54) is 18.7 Å². The number of hydrogen-bond donors (Lipinski definition) is 1. The molecule has 1 aliphatic heterocycles. The Morgan fingerprint density at radius 3 is 2.58 bits per heavy atom. The molecule has 162 valence electrons.